The molecule has 1 aromatic heterocycles. The van der Waals surface area contributed by atoms with Gasteiger partial charge in [0.05, 0.1) is 31.6 Å². The molecule has 1 heterocycles. The molecule has 0 saturated carbocycles. The third kappa shape index (κ3) is 5.16. The molecule has 6 heteroatoms. The predicted molar refractivity (Wildman–Crippen MR) is 113 cm³/mol. The average Bonchev–Trinajstić information content (AvgIpc) is 3.25. The van der Waals surface area contributed by atoms with Crippen molar-refractivity contribution in [1.29, 1.82) is 0 Å². The van der Waals surface area contributed by atoms with Crippen LogP contribution >= 0.6 is 0 Å². The number of ether oxygens (including phenoxy) is 2. The summed E-state index contributed by atoms with van der Waals surface area (Å²) in [6, 6.07) is 14.9. The summed E-state index contributed by atoms with van der Waals surface area (Å²) in [6.07, 6.45) is 3.80. The van der Waals surface area contributed by atoms with Crippen LogP contribution in [0.25, 0.3) is 11.3 Å². The van der Waals surface area contributed by atoms with Crippen molar-refractivity contribution in [2.24, 2.45) is 0 Å². The van der Waals surface area contributed by atoms with E-state index in [-0.39, 0.29) is 11.9 Å². The van der Waals surface area contributed by atoms with Crippen LogP contribution in [-0.2, 0) is 0 Å². The maximum Gasteiger partial charge on any atom is 0.251 e. The van der Waals surface area contributed by atoms with Crippen molar-refractivity contribution in [3.63, 3.8) is 0 Å². The van der Waals surface area contributed by atoms with Crippen molar-refractivity contribution in [3.8, 4) is 22.8 Å². The second kappa shape index (κ2) is 9.78. The molecular weight excluding hydrogens is 366 g/mol. The minimum Gasteiger partial charge on any atom is -0.493 e. The Morgan fingerprint density at radius 3 is 2.69 bits per heavy atom. The van der Waals surface area contributed by atoms with Crippen molar-refractivity contribution in [2.45, 2.75) is 32.7 Å². The zero-order valence-electron chi connectivity index (χ0n) is 17.1. The molecule has 2 N–H and O–H groups in total. The SMILES string of the molecule is CCCCOc1ccc(C(=O)NC(C)c2ncc(-c3ccccc3)[nH]2)cc1OC. The van der Waals surface area contributed by atoms with E-state index < -0.39 is 0 Å². The maximum absolute atomic E-state index is 12.7. The molecule has 3 rings (SSSR count). The number of hydrogen-bond donors (Lipinski definition) is 2. The van der Waals surface area contributed by atoms with Gasteiger partial charge in [0.1, 0.15) is 5.82 Å². The second-order valence-corrected chi connectivity index (χ2v) is 6.81. The summed E-state index contributed by atoms with van der Waals surface area (Å²) in [5.74, 6) is 1.69. The van der Waals surface area contributed by atoms with E-state index in [9.17, 15) is 4.79 Å². The monoisotopic (exact) mass is 393 g/mol. The van der Waals surface area contributed by atoms with Gasteiger partial charge in [-0.3, -0.25) is 4.79 Å². The van der Waals surface area contributed by atoms with E-state index in [0.717, 1.165) is 24.1 Å². The molecule has 0 spiro atoms. The predicted octanol–water partition coefficient (Wildman–Crippen LogP) is 4.76. The normalized spacial score (nSPS) is 11.7. The fraction of sp³-hybridized carbons (Fsp3) is 0.304. The molecule has 0 bridgehead atoms. The molecule has 2 aromatic carbocycles. The Bertz CT molecular complexity index is 938. The summed E-state index contributed by atoms with van der Waals surface area (Å²) in [5, 5.41) is 2.97. The Kier molecular flexibility index (Phi) is 6.89. The van der Waals surface area contributed by atoms with Gasteiger partial charge in [0.15, 0.2) is 11.5 Å². The van der Waals surface area contributed by atoms with Gasteiger partial charge in [-0.1, -0.05) is 43.7 Å². The van der Waals surface area contributed by atoms with Crippen LogP contribution in [0.5, 0.6) is 11.5 Å². The van der Waals surface area contributed by atoms with Gasteiger partial charge in [-0.2, -0.15) is 0 Å². The molecule has 1 unspecified atom stereocenters. The fourth-order valence-corrected chi connectivity index (χ4v) is 2.92. The molecule has 3 aromatic rings. The first-order chi connectivity index (χ1) is 14.1. The summed E-state index contributed by atoms with van der Waals surface area (Å²) >= 11 is 0. The molecule has 0 aliphatic heterocycles. The number of carbonyl (C=O) groups excluding carboxylic acids is 1. The zero-order valence-corrected chi connectivity index (χ0v) is 17.1. The van der Waals surface area contributed by atoms with Gasteiger partial charge in [0, 0.05) is 5.56 Å². The van der Waals surface area contributed by atoms with Crippen molar-refractivity contribution in [1.82, 2.24) is 15.3 Å². The number of hydrogen-bond acceptors (Lipinski definition) is 4. The highest BCUT2D eigenvalue weighted by Gasteiger charge is 2.16. The Hall–Kier alpha value is -3.28. The molecule has 0 saturated heterocycles. The second-order valence-electron chi connectivity index (χ2n) is 6.81. The standard InChI is InChI=1S/C23H27N3O3/c1-4-5-13-29-20-12-11-18(14-21(20)28-3)23(27)25-16(2)22-24-15-19(26-22)17-9-7-6-8-10-17/h6-12,14-16H,4-5,13H2,1-3H3,(H,24,26)(H,25,27). The molecular formula is C23H27N3O3. The number of unbranched alkanes of at least 4 members (excludes halogenated alkanes) is 1. The van der Waals surface area contributed by atoms with Crippen molar-refractivity contribution >= 4 is 5.91 Å². The molecule has 0 fully saturated rings. The van der Waals surface area contributed by atoms with Crippen LogP contribution in [0.2, 0.25) is 0 Å². The number of nitrogens with zero attached hydrogens (tertiary/aromatic N) is 1. The quantitative estimate of drug-likeness (QED) is 0.514. The van der Waals surface area contributed by atoms with E-state index >= 15 is 0 Å². The minimum atomic E-state index is -0.272. The zero-order chi connectivity index (χ0) is 20.6. The van der Waals surface area contributed by atoms with Gasteiger partial charge in [0.25, 0.3) is 5.91 Å². The Labute approximate surface area is 171 Å². The fourth-order valence-electron chi connectivity index (χ4n) is 2.92. The van der Waals surface area contributed by atoms with E-state index in [2.05, 4.69) is 22.2 Å². The molecule has 152 valence electrons. The van der Waals surface area contributed by atoms with Gasteiger partial charge < -0.3 is 19.8 Å². The average molecular weight is 393 g/mol. The number of amides is 1. The number of methoxy groups -OCH3 is 1. The molecule has 0 aliphatic carbocycles. The highest BCUT2D eigenvalue weighted by Crippen LogP contribution is 2.28. The first-order valence-electron chi connectivity index (χ1n) is 9.84. The number of H-pyrrole nitrogens is 1. The van der Waals surface area contributed by atoms with Gasteiger partial charge in [-0.25, -0.2) is 4.98 Å². The summed E-state index contributed by atoms with van der Waals surface area (Å²) in [6.45, 7) is 4.62. The van der Waals surface area contributed by atoms with Crippen LogP contribution in [0.15, 0.2) is 54.7 Å². The van der Waals surface area contributed by atoms with E-state index in [1.807, 2.05) is 37.3 Å². The number of rotatable bonds is 9. The molecule has 6 nitrogen and oxygen atoms in total. The topological polar surface area (TPSA) is 76.2 Å². The lowest BCUT2D eigenvalue weighted by Crippen LogP contribution is -2.27. The number of imidazole rings is 1. The van der Waals surface area contributed by atoms with E-state index in [4.69, 9.17) is 9.47 Å². The van der Waals surface area contributed by atoms with Crippen LogP contribution in [0.4, 0.5) is 0 Å². The molecule has 0 aliphatic rings. The first kappa shape index (κ1) is 20.5. The number of nitrogens with one attached hydrogen (secondary N) is 2. The molecule has 1 atom stereocenters. The summed E-state index contributed by atoms with van der Waals surface area (Å²) < 4.78 is 11.1. The van der Waals surface area contributed by atoms with Gasteiger partial charge in [-0.15, -0.1) is 0 Å². The van der Waals surface area contributed by atoms with Crippen molar-refractivity contribution < 1.29 is 14.3 Å². The lowest BCUT2D eigenvalue weighted by molar-refractivity contribution is 0.0938. The Morgan fingerprint density at radius 2 is 1.97 bits per heavy atom. The Balaban J connectivity index is 1.67. The highest BCUT2D eigenvalue weighted by atomic mass is 16.5. The largest absolute Gasteiger partial charge is 0.493 e. The molecule has 29 heavy (non-hydrogen) atoms. The van der Waals surface area contributed by atoms with Crippen LogP contribution in [0.3, 0.4) is 0 Å². The van der Waals surface area contributed by atoms with Crippen LogP contribution in [0, 0.1) is 0 Å². The third-order valence-electron chi connectivity index (χ3n) is 4.62. The van der Waals surface area contributed by atoms with Crippen LogP contribution in [0.1, 0.15) is 48.9 Å². The van der Waals surface area contributed by atoms with E-state index in [1.54, 1.807) is 31.5 Å². The number of benzene rings is 2. The number of carbonyl (C=O) groups is 1. The molecule has 1 amide bonds. The summed E-state index contributed by atoms with van der Waals surface area (Å²) in [5.41, 5.74) is 2.47. The van der Waals surface area contributed by atoms with Crippen LogP contribution < -0.4 is 14.8 Å². The Morgan fingerprint density at radius 1 is 1.17 bits per heavy atom. The lowest BCUT2D eigenvalue weighted by atomic mass is 10.1. The van der Waals surface area contributed by atoms with Crippen molar-refractivity contribution in [2.75, 3.05) is 13.7 Å². The van der Waals surface area contributed by atoms with Crippen molar-refractivity contribution in [3.05, 3.63) is 66.1 Å². The summed E-state index contributed by atoms with van der Waals surface area (Å²) in [4.78, 5) is 20.4. The van der Waals surface area contributed by atoms with Gasteiger partial charge in [0.2, 0.25) is 0 Å². The van der Waals surface area contributed by atoms with E-state index in [0.29, 0.717) is 29.5 Å². The lowest BCUT2D eigenvalue weighted by Gasteiger charge is -2.14. The maximum atomic E-state index is 12.7. The van der Waals surface area contributed by atoms with Crippen LogP contribution in [-0.4, -0.2) is 29.6 Å². The smallest absolute Gasteiger partial charge is 0.251 e. The van der Waals surface area contributed by atoms with Gasteiger partial charge >= 0.3 is 0 Å². The summed E-state index contributed by atoms with van der Waals surface area (Å²) in [7, 11) is 1.57. The number of aromatic amines is 1. The van der Waals surface area contributed by atoms with E-state index in [1.165, 1.54) is 0 Å². The first-order valence-corrected chi connectivity index (χ1v) is 9.84. The minimum absolute atomic E-state index is 0.200. The highest BCUT2D eigenvalue weighted by molar-refractivity contribution is 5.95. The molecule has 0 radical (unpaired) electrons. The van der Waals surface area contributed by atoms with Gasteiger partial charge in [-0.05, 0) is 37.1 Å². The third-order valence-corrected chi connectivity index (χ3v) is 4.62. The number of aromatic nitrogens is 2.